The van der Waals surface area contributed by atoms with Gasteiger partial charge in [0.25, 0.3) is 5.91 Å². The van der Waals surface area contributed by atoms with Crippen molar-refractivity contribution in [2.45, 2.75) is 64.8 Å². The van der Waals surface area contributed by atoms with E-state index in [1.54, 1.807) is 30.9 Å². The Morgan fingerprint density at radius 1 is 1.22 bits per heavy atom. The maximum Gasteiger partial charge on any atom is 0.257 e. The van der Waals surface area contributed by atoms with Crippen molar-refractivity contribution in [2.75, 3.05) is 13.1 Å². The van der Waals surface area contributed by atoms with Crippen molar-refractivity contribution in [3.8, 4) is 11.1 Å². The summed E-state index contributed by atoms with van der Waals surface area (Å²) in [7, 11) is 0. The molecule has 4 aromatic rings. The van der Waals surface area contributed by atoms with E-state index in [0.717, 1.165) is 42.4 Å². The Kier molecular flexibility index (Phi) is 5.88. The molecule has 0 saturated carbocycles. The molecular formula is C29H34N6O2. The number of hydrogen-bond acceptors (Lipinski definition) is 5. The third-order valence-electron chi connectivity index (χ3n) is 7.60. The first-order valence-electron chi connectivity index (χ1n) is 13.1. The molecule has 0 aliphatic carbocycles. The third kappa shape index (κ3) is 4.67. The van der Waals surface area contributed by atoms with Crippen LogP contribution in [0, 0.1) is 6.92 Å². The smallest absolute Gasteiger partial charge is 0.257 e. The lowest BCUT2D eigenvalue weighted by Crippen LogP contribution is -2.37. The molecule has 3 aromatic heterocycles. The number of rotatable bonds is 5. The van der Waals surface area contributed by atoms with Gasteiger partial charge in [0.2, 0.25) is 0 Å². The lowest BCUT2D eigenvalue weighted by Gasteiger charge is -2.32. The molecule has 3 N–H and O–H groups in total. The summed E-state index contributed by atoms with van der Waals surface area (Å²) < 4.78 is 1.64. The van der Waals surface area contributed by atoms with E-state index in [9.17, 15) is 9.90 Å². The number of benzene rings is 1. The number of nitrogens with zero attached hydrogens (tertiary/aromatic N) is 4. The fourth-order valence-electron chi connectivity index (χ4n) is 5.73. The molecule has 0 bridgehead atoms. The molecule has 1 fully saturated rings. The molecular weight excluding hydrogens is 464 g/mol. The molecule has 2 aliphatic heterocycles. The molecule has 1 saturated heterocycles. The van der Waals surface area contributed by atoms with E-state index < -0.39 is 5.60 Å². The first-order chi connectivity index (χ1) is 17.7. The Hall–Kier alpha value is -3.49. The van der Waals surface area contributed by atoms with E-state index in [2.05, 4.69) is 45.5 Å². The Morgan fingerprint density at radius 3 is 2.86 bits per heavy atom. The molecule has 1 aromatic carbocycles. The van der Waals surface area contributed by atoms with Crippen molar-refractivity contribution >= 4 is 16.9 Å². The van der Waals surface area contributed by atoms with Crippen LogP contribution in [-0.4, -0.2) is 54.4 Å². The van der Waals surface area contributed by atoms with Crippen molar-refractivity contribution in [3.63, 3.8) is 0 Å². The number of hydrogen-bond donors (Lipinski definition) is 3. The highest BCUT2D eigenvalue weighted by Gasteiger charge is 2.29. The van der Waals surface area contributed by atoms with E-state index in [-0.39, 0.29) is 5.91 Å². The van der Waals surface area contributed by atoms with Crippen LogP contribution >= 0.6 is 0 Å². The van der Waals surface area contributed by atoms with Gasteiger partial charge in [-0.05, 0) is 86.5 Å². The second kappa shape index (κ2) is 9.11. The van der Waals surface area contributed by atoms with Crippen LogP contribution in [0.1, 0.15) is 65.3 Å². The summed E-state index contributed by atoms with van der Waals surface area (Å²) in [6.07, 6.45) is 10.4. The number of aromatic nitrogens is 4. The molecule has 0 unspecified atom stereocenters. The average Bonchev–Trinajstić information content (AvgIpc) is 3.64. The predicted molar refractivity (Wildman–Crippen MR) is 143 cm³/mol. The quantitative estimate of drug-likeness (QED) is 0.384. The summed E-state index contributed by atoms with van der Waals surface area (Å²) in [6, 6.07) is 7.12. The van der Waals surface area contributed by atoms with Crippen LogP contribution in [0.5, 0.6) is 0 Å². The normalized spacial score (nSPS) is 17.9. The number of H-pyrrole nitrogens is 1. The Labute approximate surface area is 216 Å². The van der Waals surface area contributed by atoms with Gasteiger partial charge in [0, 0.05) is 48.7 Å². The fraction of sp³-hybridized carbons (Fsp3) is 0.414. The molecule has 1 amide bonds. The lowest BCUT2D eigenvalue weighted by atomic mass is 9.87. The van der Waals surface area contributed by atoms with Gasteiger partial charge in [-0.3, -0.25) is 9.48 Å². The molecule has 1 atom stereocenters. The van der Waals surface area contributed by atoms with Crippen molar-refractivity contribution < 1.29 is 9.90 Å². The van der Waals surface area contributed by atoms with Crippen LogP contribution in [0.3, 0.4) is 0 Å². The van der Waals surface area contributed by atoms with Gasteiger partial charge < -0.3 is 20.3 Å². The van der Waals surface area contributed by atoms with Gasteiger partial charge >= 0.3 is 0 Å². The van der Waals surface area contributed by atoms with Gasteiger partial charge in [0.1, 0.15) is 5.65 Å². The summed E-state index contributed by atoms with van der Waals surface area (Å²) in [5.41, 5.74) is 7.96. The number of aryl methyl sites for hydroxylation is 1. The number of pyridine rings is 1. The number of fused-ring (bicyclic) bond motifs is 2. The maximum absolute atomic E-state index is 13.4. The van der Waals surface area contributed by atoms with E-state index in [1.165, 1.54) is 27.8 Å². The van der Waals surface area contributed by atoms with Gasteiger partial charge in [-0.15, -0.1) is 0 Å². The second-order valence-corrected chi connectivity index (χ2v) is 11.2. The van der Waals surface area contributed by atoms with Gasteiger partial charge in [-0.25, -0.2) is 4.98 Å². The molecule has 8 heteroatoms. The average molecular weight is 499 g/mol. The molecule has 37 heavy (non-hydrogen) atoms. The zero-order chi connectivity index (χ0) is 25.7. The minimum atomic E-state index is -0.892. The zero-order valence-corrected chi connectivity index (χ0v) is 21.7. The van der Waals surface area contributed by atoms with Gasteiger partial charge in [0.05, 0.1) is 23.9 Å². The molecule has 5 heterocycles. The van der Waals surface area contributed by atoms with E-state index in [1.807, 2.05) is 17.3 Å². The highest BCUT2D eigenvalue weighted by molar-refractivity contribution is 5.94. The second-order valence-electron chi connectivity index (χ2n) is 11.2. The van der Waals surface area contributed by atoms with Crippen LogP contribution in [0.15, 0.2) is 43.0 Å². The van der Waals surface area contributed by atoms with E-state index in [4.69, 9.17) is 0 Å². The Morgan fingerprint density at radius 2 is 2.08 bits per heavy atom. The van der Waals surface area contributed by atoms with Crippen molar-refractivity contribution in [3.05, 3.63) is 70.8 Å². The number of carbonyl (C=O) groups is 1. The fourth-order valence-corrected chi connectivity index (χ4v) is 5.73. The molecule has 0 radical (unpaired) electrons. The molecule has 2 aliphatic rings. The van der Waals surface area contributed by atoms with Crippen LogP contribution in [0.25, 0.3) is 22.2 Å². The largest absolute Gasteiger partial charge is 0.389 e. The van der Waals surface area contributed by atoms with Gasteiger partial charge in [0.15, 0.2) is 0 Å². The van der Waals surface area contributed by atoms with E-state index in [0.29, 0.717) is 31.2 Å². The summed E-state index contributed by atoms with van der Waals surface area (Å²) in [4.78, 5) is 23.3. The summed E-state index contributed by atoms with van der Waals surface area (Å²) >= 11 is 0. The lowest BCUT2D eigenvalue weighted by molar-refractivity contribution is 0.0575. The topological polar surface area (TPSA) is 99.1 Å². The van der Waals surface area contributed by atoms with E-state index >= 15 is 0 Å². The predicted octanol–water partition coefficient (Wildman–Crippen LogP) is 4.13. The van der Waals surface area contributed by atoms with Crippen molar-refractivity contribution in [1.29, 1.82) is 0 Å². The third-order valence-corrected chi connectivity index (χ3v) is 7.60. The minimum absolute atomic E-state index is 0.0142. The molecule has 6 rings (SSSR count). The Bertz CT molecular complexity index is 1470. The highest BCUT2D eigenvalue weighted by atomic mass is 16.3. The summed E-state index contributed by atoms with van der Waals surface area (Å²) in [6.45, 7) is 8.18. The van der Waals surface area contributed by atoms with Crippen molar-refractivity contribution in [1.82, 2.24) is 30.0 Å². The van der Waals surface area contributed by atoms with Crippen LogP contribution < -0.4 is 5.32 Å². The molecule has 192 valence electrons. The summed E-state index contributed by atoms with van der Waals surface area (Å²) in [5, 5.41) is 19.2. The molecule has 0 spiro atoms. The Balaban J connectivity index is 1.33. The van der Waals surface area contributed by atoms with Crippen LogP contribution in [0.2, 0.25) is 0 Å². The van der Waals surface area contributed by atoms with Gasteiger partial charge in [-0.1, -0.05) is 6.07 Å². The first-order valence-corrected chi connectivity index (χ1v) is 13.1. The maximum atomic E-state index is 13.4. The zero-order valence-electron chi connectivity index (χ0n) is 21.7. The molecule has 8 nitrogen and oxygen atoms in total. The highest BCUT2D eigenvalue weighted by Crippen LogP contribution is 2.36. The SMILES string of the molecule is Cc1c[nH]c2ncc(-c3cc4c(c([C@@H]5CCCN5)c3)CN(C(=O)c3cnn(CC(C)(C)O)c3)CC4)cc12. The number of nitrogens with one attached hydrogen (secondary N) is 2. The van der Waals surface area contributed by atoms with Crippen LogP contribution in [-0.2, 0) is 19.5 Å². The number of aliphatic hydroxyl groups is 1. The minimum Gasteiger partial charge on any atom is -0.389 e. The first kappa shape index (κ1) is 23.9. The van der Waals surface area contributed by atoms with Gasteiger partial charge in [-0.2, -0.15) is 5.10 Å². The number of amides is 1. The summed E-state index contributed by atoms with van der Waals surface area (Å²) in [5.74, 6) is -0.0142. The van der Waals surface area contributed by atoms with Crippen molar-refractivity contribution in [2.24, 2.45) is 0 Å². The standard InChI is InChI=1S/C29H34N6O2/c1-18-12-31-27-23(18)11-21(13-32-27)20-9-19-6-8-34(16-25(19)24(10-20)26-5-4-7-30-26)28(36)22-14-33-35(15-22)17-29(2,3)37/h9-15,26,30,37H,4-8,16-17H2,1-3H3,(H,31,32)/t26-/m0/s1. The number of carbonyl (C=O) groups excluding carboxylic acids is 1. The monoisotopic (exact) mass is 498 g/mol. The van der Waals surface area contributed by atoms with Crippen LogP contribution in [0.4, 0.5) is 0 Å². The number of aromatic amines is 1.